The highest BCUT2D eigenvalue weighted by atomic mass is 19.1. The quantitative estimate of drug-likeness (QED) is 0.884. The minimum Gasteiger partial charge on any atom is -0.494 e. The molecule has 4 nitrogen and oxygen atoms in total. The maximum atomic E-state index is 13.5. The molecule has 0 heterocycles. The van der Waals surface area contributed by atoms with E-state index in [1.54, 1.807) is 6.07 Å². The number of methoxy groups -OCH3 is 1. The topological polar surface area (TPSA) is 58.6 Å². The molecule has 2 atom stereocenters. The highest BCUT2D eigenvalue weighted by Crippen LogP contribution is 2.20. The van der Waals surface area contributed by atoms with Gasteiger partial charge in [0.05, 0.1) is 25.7 Å². The van der Waals surface area contributed by atoms with Gasteiger partial charge in [-0.05, 0) is 30.5 Å². The highest BCUT2D eigenvalue weighted by molar-refractivity contribution is 5.79. The van der Waals surface area contributed by atoms with Gasteiger partial charge in [-0.25, -0.2) is 4.39 Å². The number of carbonyl (C=O) groups is 1. The normalized spacial score (nSPS) is 22.4. The Kier molecular flexibility index (Phi) is 4.95. The van der Waals surface area contributed by atoms with Gasteiger partial charge in [0.15, 0.2) is 11.6 Å². The van der Waals surface area contributed by atoms with Crippen LogP contribution in [0.15, 0.2) is 18.2 Å². The lowest BCUT2D eigenvalue weighted by atomic mass is 9.92. The molecule has 1 aliphatic carbocycles. The number of aliphatic hydroxyl groups is 1. The predicted octanol–water partition coefficient (Wildman–Crippen LogP) is 1.80. The number of amides is 1. The molecule has 1 saturated carbocycles. The lowest BCUT2D eigenvalue weighted by Gasteiger charge is -2.28. The molecule has 1 amide bonds. The fraction of sp³-hybridized carbons (Fsp3) is 0.533. The minimum atomic E-state index is -0.476. The largest absolute Gasteiger partial charge is 0.494 e. The summed E-state index contributed by atoms with van der Waals surface area (Å²) < 4.78 is 18.4. The van der Waals surface area contributed by atoms with Crippen LogP contribution < -0.4 is 10.1 Å². The lowest BCUT2D eigenvalue weighted by Crippen LogP contribution is -2.45. The number of aliphatic hydroxyl groups excluding tert-OH is 1. The van der Waals surface area contributed by atoms with Crippen LogP contribution in [0.5, 0.6) is 5.75 Å². The average molecular weight is 281 g/mol. The summed E-state index contributed by atoms with van der Waals surface area (Å²) in [4.78, 5) is 11.9. The number of rotatable bonds is 4. The zero-order valence-electron chi connectivity index (χ0n) is 11.6. The van der Waals surface area contributed by atoms with E-state index in [2.05, 4.69) is 5.32 Å². The maximum absolute atomic E-state index is 13.5. The van der Waals surface area contributed by atoms with Crippen molar-refractivity contribution in [1.29, 1.82) is 0 Å². The summed E-state index contributed by atoms with van der Waals surface area (Å²) in [5.74, 6) is -0.507. The molecular formula is C15H20FNO3. The zero-order chi connectivity index (χ0) is 14.5. The van der Waals surface area contributed by atoms with Crippen molar-refractivity contribution in [1.82, 2.24) is 5.32 Å². The molecule has 1 fully saturated rings. The molecule has 1 aliphatic rings. The third kappa shape index (κ3) is 3.70. The summed E-state index contributed by atoms with van der Waals surface area (Å²) >= 11 is 0. The molecule has 20 heavy (non-hydrogen) atoms. The number of carbonyl (C=O) groups excluding carboxylic acids is 1. The van der Waals surface area contributed by atoms with Crippen LogP contribution in [-0.2, 0) is 11.2 Å². The third-order valence-electron chi connectivity index (χ3n) is 3.66. The Morgan fingerprint density at radius 3 is 2.85 bits per heavy atom. The first kappa shape index (κ1) is 14.8. The molecule has 0 bridgehead atoms. The van der Waals surface area contributed by atoms with E-state index < -0.39 is 11.9 Å². The van der Waals surface area contributed by atoms with Crippen molar-refractivity contribution in [3.05, 3.63) is 29.6 Å². The molecule has 0 aliphatic heterocycles. The number of halogens is 1. The SMILES string of the molecule is COc1ccc(CC(=O)NC2CCCCC2O)cc1F. The standard InChI is InChI=1S/C15H20FNO3/c1-20-14-7-6-10(8-11(14)16)9-15(19)17-12-4-2-3-5-13(12)18/h6-8,12-13,18H,2-5,9H2,1H3,(H,17,19). The zero-order valence-corrected chi connectivity index (χ0v) is 11.6. The maximum Gasteiger partial charge on any atom is 0.224 e. The van der Waals surface area contributed by atoms with E-state index in [4.69, 9.17) is 4.74 Å². The van der Waals surface area contributed by atoms with Gasteiger partial charge < -0.3 is 15.2 Å². The Bertz CT molecular complexity index is 478. The van der Waals surface area contributed by atoms with Crippen LogP contribution in [0.1, 0.15) is 31.2 Å². The molecule has 0 radical (unpaired) electrons. The summed E-state index contributed by atoms with van der Waals surface area (Å²) in [5, 5.41) is 12.6. The van der Waals surface area contributed by atoms with Crippen LogP contribution in [0.25, 0.3) is 0 Å². The summed E-state index contributed by atoms with van der Waals surface area (Å²) in [5.41, 5.74) is 0.589. The number of hydrogen-bond donors (Lipinski definition) is 2. The van der Waals surface area contributed by atoms with Crippen molar-refractivity contribution < 1.29 is 19.0 Å². The van der Waals surface area contributed by atoms with Crippen molar-refractivity contribution >= 4 is 5.91 Å². The smallest absolute Gasteiger partial charge is 0.224 e. The first-order valence-corrected chi connectivity index (χ1v) is 6.90. The Hall–Kier alpha value is -1.62. The molecule has 0 saturated heterocycles. The van der Waals surface area contributed by atoms with Gasteiger partial charge in [-0.15, -0.1) is 0 Å². The van der Waals surface area contributed by atoms with E-state index in [0.29, 0.717) is 5.56 Å². The van der Waals surface area contributed by atoms with Crippen molar-refractivity contribution in [3.63, 3.8) is 0 Å². The van der Waals surface area contributed by atoms with Gasteiger partial charge in [0.25, 0.3) is 0 Å². The number of benzene rings is 1. The monoisotopic (exact) mass is 281 g/mol. The van der Waals surface area contributed by atoms with Crippen LogP contribution >= 0.6 is 0 Å². The van der Waals surface area contributed by atoms with Crippen molar-refractivity contribution in [2.45, 2.75) is 44.2 Å². The fourth-order valence-electron chi connectivity index (χ4n) is 2.54. The van der Waals surface area contributed by atoms with Crippen molar-refractivity contribution in [2.24, 2.45) is 0 Å². The number of ether oxygens (including phenoxy) is 1. The van der Waals surface area contributed by atoms with Gasteiger partial charge in [-0.2, -0.15) is 0 Å². The van der Waals surface area contributed by atoms with Gasteiger partial charge in [0.1, 0.15) is 0 Å². The second-order valence-electron chi connectivity index (χ2n) is 5.17. The highest BCUT2D eigenvalue weighted by Gasteiger charge is 2.24. The second-order valence-corrected chi connectivity index (χ2v) is 5.17. The summed E-state index contributed by atoms with van der Waals surface area (Å²) in [6, 6.07) is 4.29. The van der Waals surface area contributed by atoms with Crippen LogP contribution in [0, 0.1) is 5.82 Å². The van der Waals surface area contributed by atoms with E-state index in [1.807, 2.05) is 0 Å². The first-order chi connectivity index (χ1) is 9.60. The lowest BCUT2D eigenvalue weighted by molar-refractivity contribution is -0.122. The molecular weight excluding hydrogens is 261 g/mol. The molecule has 5 heteroatoms. The van der Waals surface area contributed by atoms with Crippen LogP contribution in [0.2, 0.25) is 0 Å². The molecule has 0 spiro atoms. The predicted molar refractivity (Wildman–Crippen MR) is 73.1 cm³/mol. The summed E-state index contributed by atoms with van der Waals surface area (Å²) in [6.07, 6.45) is 3.16. The molecule has 2 rings (SSSR count). The molecule has 0 aromatic heterocycles. The summed E-state index contributed by atoms with van der Waals surface area (Å²) in [7, 11) is 1.40. The molecule has 2 N–H and O–H groups in total. The van der Waals surface area contributed by atoms with E-state index in [9.17, 15) is 14.3 Å². The third-order valence-corrected chi connectivity index (χ3v) is 3.66. The first-order valence-electron chi connectivity index (χ1n) is 6.90. The Balaban J connectivity index is 1.92. The van der Waals surface area contributed by atoms with E-state index in [-0.39, 0.29) is 24.1 Å². The second kappa shape index (κ2) is 6.70. The van der Waals surface area contributed by atoms with Gasteiger partial charge in [0.2, 0.25) is 5.91 Å². The van der Waals surface area contributed by atoms with Crippen molar-refractivity contribution in [3.8, 4) is 5.75 Å². The number of nitrogens with one attached hydrogen (secondary N) is 1. The molecule has 1 aromatic rings. The molecule has 110 valence electrons. The van der Waals surface area contributed by atoms with Crippen molar-refractivity contribution in [2.75, 3.05) is 7.11 Å². The van der Waals surface area contributed by atoms with Crippen LogP contribution in [0.4, 0.5) is 4.39 Å². The molecule has 2 unspecified atom stereocenters. The van der Waals surface area contributed by atoms with Crippen LogP contribution in [0.3, 0.4) is 0 Å². The van der Waals surface area contributed by atoms with Crippen LogP contribution in [-0.4, -0.2) is 30.3 Å². The van der Waals surface area contributed by atoms with E-state index in [0.717, 1.165) is 25.7 Å². The Morgan fingerprint density at radius 2 is 2.20 bits per heavy atom. The van der Waals surface area contributed by atoms with E-state index in [1.165, 1.54) is 19.2 Å². The Labute approximate surface area is 117 Å². The minimum absolute atomic E-state index is 0.101. The van der Waals surface area contributed by atoms with Gasteiger partial charge in [-0.1, -0.05) is 18.9 Å². The summed E-state index contributed by atoms with van der Waals surface area (Å²) in [6.45, 7) is 0. The van der Waals surface area contributed by atoms with Gasteiger partial charge in [0, 0.05) is 0 Å². The van der Waals surface area contributed by atoms with Gasteiger partial charge in [-0.3, -0.25) is 4.79 Å². The van der Waals surface area contributed by atoms with Gasteiger partial charge >= 0.3 is 0 Å². The molecule has 1 aromatic carbocycles. The Morgan fingerprint density at radius 1 is 1.45 bits per heavy atom. The average Bonchev–Trinajstić information content (AvgIpc) is 2.41. The fourth-order valence-corrected chi connectivity index (χ4v) is 2.54. The number of hydrogen-bond acceptors (Lipinski definition) is 3. The van der Waals surface area contributed by atoms with E-state index >= 15 is 0 Å².